The summed E-state index contributed by atoms with van der Waals surface area (Å²) in [6.07, 6.45) is 3.09. The Kier molecular flexibility index (Phi) is 5.89. The van der Waals surface area contributed by atoms with Gasteiger partial charge in [0.25, 0.3) is 0 Å². The van der Waals surface area contributed by atoms with Crippen LogP contribution in [0.3, 0.4) is 0 Å². The molecule has 0 aliphatic heterocycles. The summed E-state index contributed by atoms with van der Waals surface area (Å²) in [5.74, 6) is 1.14. The summed E-state index contributed by atoms with van der Waals surface area (Å²) in [4.78, 5) is 12.3. The van der Waals surface area contributed by atoms with Gasteiger partial charge < -0.3 is 14.8 Å². The van der Waals surface area contributed by atoms with E-state index in [1.165, 1.54) is 10.9 Å². The van der Waals surface area contributed by atoms with E-state index in [0.29, 0.717) is 28.8 Å². The van der Waals surface area contributed by atoms with Gasteiger partial charge in [0.1, 0.15) is 6.54 Å². The number of halogens is 1. The first kappa shape index (κ1) is 19.8. The minimum Gasteiger partial charge on any atom is -0.493 e. The van der Waals surface area contributed by atoms with Gasteiger partial charge in [-0.1, -0.05) is 17.7 Å². The molecule has 0 spiro atoms. The highest BCUT2D eigenvalue weighted by Crippen LogP contribution is 2.28. The molecular formula is C19H22ClN5O3. The number of methoxy groups -OCH3 is 2. The lowest BCUT2D eigenvalue weighted by atomic mass is 10.2. The maximum Gasteiger partial charge on any atom is 0.246 e. The van der Waals surface area contributed by atoms with Gasteiger partial charge in [0, 0.05) is 6.20 Å². The van der Waals surface area contributed by atoms with Gasteiger partial charge in [-0.05, 0) is 31.5 Å². The smallest absolute Gasteiger partial charge is 0.246 e. The second kappa shape index (κ2) is 8.35. The second-order valence-corrected chi connectivity index (χ2v) is 6.73. The topological polar surface area (TPSA) is 83.2 Å². The van der Waals surface area contributed by atoms with E-state index in [0.717, 1.165) is 17.0 Å². The molecule has 1 aromatic carbocycles. The zero-order valence-electron chi connectivity index (χ0n) is 16.2. The average molecular weight is 404 g/mol. The quantitative estimate of drug-likeness (QED) is 0.655. The lowest BCUT2D eigenvalue weighted by molar-refractivity contribution is -0.116. The standard InChI is InChI=1S/C19H22ClN5O3/c1-12-19(22-18(26)11-24-10-15(20)8-21-24)13(2)25(23-12)9-14-5-6-16(27-3)17(7-14)28-4/h5-8,10H,9,11H2,1-4H3,(H,22,26). The van der Waals surface area contributed by atoms with Crippen molar-refractivity contribution in [1.82, 2.24) is 19.6 Å². The fraction of sp³-hybridized carbons (Fsp3) is 0.316. The zero-order valence-corrected chi connectivity index (χ0v) is 16.9. The van der Waals surface area contributed by atoms with E-state index >= 15 is 0 Å². The highest BCUT2D eigenvalue weighted by atomic mass is 35.5. The Bertz CT molecular complexity index is 996. The van der Waals surface area contributed by atoms with Crippen LogP contribution in [0.4, 0.5) is 5.69 Å². The minimum absolute atomic E-state index is 0.0759. The van der Waals surface area contributed by atoms with Gasteiger partial charge in [0.05, 0.1) is 49.1 Å². The predicted octanol–water partition coefficient (Wildman–Crippen LogP) is 3.05. The highest BCUT2D eigenvalue weighted by molar-refractivity contribution is 6.30. The molecule has 1 amide bonds. The van der Waals surface area contributed by atoms with Crippen LogP contribution in [-0.4, -0.2) is 39.7 Å². The predicted molar refractivity (Wildman–Crippen MR) is 106 cm³/mol. The van der Waals surface area contributed by atoms with Gasteiger partial charge >= 0.3 is 0 Å². The fourth-order valence-corrected chi connectivity index (χ4v) is 3.09. The van der Waals surface area contributed by atoms with Crippen LogP contribution in [0, 0.1) is 13.8 Å². The zero-order chi connectivity index (χ0) is 20.3. The molecular weight excluding hydrogens is 382 g/mol. The van der Waals surface area contributed by atoms with Crippen LogP contribution in [0.2, 0.25) is 5.02 Å². The number of rotatable bonds is 7. The molecule has 0 radical (unpaired) electrons. The Morgan fingerprint density at radius 1 is 1.21 bits per heavy atom. The molecule has 3 rings (SSSR count). The third kappa shape index (κ3) is 4.28. The van der Waals surface area contributed by atoms with Crippen molar-refractivity contribution in [2.75, 3.05) is 19.5 Å². The molecule has 8 nitrogen and oxygen atoms in total. The van der Waals surface area contributed by atoms with Crippen LogP contribution < -0.4 is 14.8 Å². The number of anilines is 1. The summed E-state index contributed by atoms with van der Waals surface area (Å²) in [5, 5.41) is 12.0. The maximum atomic E-state index is 12.3. The van der Waals surface area contributed by atoms with Crippen LogP contribution in [0.1, 0.15) is 17.0 Å². The van der Waals surface area contributed by atoms with Crippen LogP contribution in [0.25, 0.3) is 0 Å². The lowest BCUT2D eigenvalue weighted by Crippen LogP contribution is -2.19. The molecule has 0 saturated carbocycles. The second-order valence-electron chi connectivity index (χ2n) is 6.30. The van der Waals surface area contributed by atoms with Crippen molar-refractivity contribution < 1.29 is 14.3 Å². The van der Waals surface area contributed by atoms with Gasteiger partial charge in [-0.25, -0.2) is 0 Å². The maximum absolute atomic E-state index is 12.3. The number of carbonyl (C=O) groups excluding carboxylic acids is 1. The Morgan fingerprint density at radius 2 is 1.96 bits per heavy atom. The molecule has 9 heteroatoms. The highest BCUT2D eigenvalue weighted by Gasteiger charge is 2.15. The van der Waals surface area contributed by atoms with Gasteiger partial charge in [-0.15, -0.1) is 0 Å². The number of nitrogens with one attached hydrogen (secondary N) is 1. The number of hydrogen-bond donors (Lipinski definition) is 1. The van der Waals surface area contributed by atoms with Crippen molar-refractivity contribution >= 4 is 23.2 Å². The van der Waals surface area contributed by atoms with Gasteiger partial charge in [0.2, 0.25) is 5.91 Å². The molecule has 3 aromatic rings. The molecule has 1 N–H and O–H groups in total. The van der Waals surface area contributed by atoms with Crippen molar-refractivity contribution in [3.63, 3.8) is 0 Å². The monoisotopic (exact) mass is 403 g/mol. The first-order valence-corrected chi connectivity index (χ1v) is 9.01. The van der Waals surface area contributed by atoms with E-state index in [-0.39, 0.29) is 12.5 Å². The molecule has 28 heavy (non-hydrogen) atoms. The van der Waals surface area contributed by atoms with Gasteiger partial charge in [-0.2, -0.15) is 10.2 Å². The summed E-state index contributed by atoms with van der Waals surface area (Å²) in [5.41, 5.74) is 3.31. The summed E-state index contributed by atoms with van der Waals surface area (Å²) >= 11 is 5.83. The van der Waals surface area contributed by atoms with Crippen molar-refractivity contribution in [3.8, 4) is 11.5 Å². The van der Waals surface area contributed by atoms with Crippen molar-refractivity contribution in [2.24, 2.45) is 0 Å². The Hall–Kier alpha value is -3.00. The first-order valence-electron chi connectivity index (χ1n) is 8.64. The summed E-state index contributed by atoms with van der Waals surface area (Å²) < 4.78 is 14.0. The number of nitrogens with zero attached hydrogens (tertiary/aromatic N) is 4. The molecule has 0 fully saturated rings. The molecule has 0 saturated heterocycles. The number of ether oxygens (including phenoxy) is 2. The molecule has 2 aromatic heterocycles. The number of aromatic nitrogens is 4. The van der Waals surface area contributed by atoms with E-state index in [4.69, 9.17) is 21.1 Å². The Labute approximate surface area is 168 Å². The minimum atomic E-state index is -0.198. The van der Waals surface area contributed by atoms with Gasteiger partial charge in [-0.3, -0.25) is 14.2 Å². The normalized spacial score (nSPS) is 10.8. The summed E-state index contributed by atoms with van der Waals surface area (Å²) in [6, 6.07) is 5.73. The number of amides is 1. The Morgan fingerprint density at radius 3 is 2.61 bits per heavy atom. The van der Waals surface area contributed by atoms with Crippen LogP contribution in [0.5, 0.6) is 11.5 Å². The van der Waals surface area contributed by atoms with Gasteiger partial charge in [0.15, 0.2) is 11.5 Å². The SMILES string of the molecule is COc1ccc(Cn2nc(C)c(NC(=O)Cn3cc(Cl)cn3)c2C)cc1OC. The molecule has 0 atom stereocenters. The first-order chi connectivity index (χ1) is 13.4. The molecule has 0 aliphatic carbocycles. The molecule has 2 heterocycles. The van der Waals surface area contributed by atoms with E-state index in [1.807, 2.05) is 36.7 Å². The number of aryl methyl sites for hydroxylation is 1. The van der Waals surface area contributed by atoms with E-state index in [1.54, 1.807) is 20.4 Å². The summed E-state index contributed by atoms with van der Waals surface area (Å²) in [6.45, 7) is 4.39. The molecule has 148 valence electrons. The number of benzene rings is 1. The largest absolute Gasteiger partial charge is 0.493 e. The van der Waals surface area contributed by atoms with E-state index in [9.17, 15) is 4.79 Å². The van der Waals surface area contributed by atoms with Crippen molar-refractivity contribution in [1.29, 1.82) is 0 Å². The number of hydrogen-bond acceptors (Lipinski definition) is 5. The van der Waals surface area contributed by atoms with E-state index in [2.05, 4.69) is 15.5 Å². The van der Waals surface area contributed by atoms with Crippen molar-refractivity contribution in [3.05, 3.63) is 52.6 Å². The lowest BCUT2D eigenvalue weighted by Gasteiger charge is -2.11. The van der Waals surface area contributed by atoms with E-state index < -0.39 is 0 Å². The molecule has 0 unspecified atom stereocenters. The van der Waals surface area contributed by atoms with Crippen molar-refractivity contribution in [2.45, 2.75) is 26.9 Å². The summed E-state index contributed by atoms with van der Waals surface area (Å²) in [7, 11) is 3.20. The Balaban J connectivity index is 1.75. The third-order valence-electron chi connectivity index (χ3n) is 4.33. The molecule has 0 bridgehead atoms. The van der Waals surface area contributed by atoms with Crippen LogP contribution >= 0.6 is 11.6 Å². The molecule has 0 aliphatic rings. The van der Waals surface area contributed by atoms with Crippen LogP contribution in [-0.2, 0) is 17.9 Å². The fourth-order valence-electron chi connectivity index (χ4n) is 2.93. The third-order valence-corrected chi connectivity index (χ3v) is 4.53. The van der Waals surface area contributed by atoms with Crippen LogP contribution in [0.15, 0.2) is 30.6 Å². The number of carbonyl (C=O) groups is 1. The average Bonchev–Trinajstić information content (AvgIpc) is 3.19.